The Labute approximate surface area is 85.4 Å². The first-order valence-corrected chi connectivity index (χ1v) is 4.94. The third-order valence-electron chi connectivity index (χ3n) is 2.06. The standard InChI is InChI=1S/C11H19NO2/c1-8(2)12-6-11-5-10(7-13-4)9(3)14-11/h5,8,12H,6-7H2,1-4H3. The first-order valence-electron chi connectivity index (χ1n) is 4.94. The fourth-order valence-electron chi connectivity index (χ4n) is 1.28. The molecule has 0 aliphatic heterocycles. The minimum absolute atomic E-state index is 0.478. The van der Waals surface area contributed by atoms with Crippen molar-refractivity contribution in [2.45, 2.75) is 40.0 Å². The van der Waals surface area contributed by atoms with Gasteiger partial charge in [-0.1, -0.05) is 13.8 Å². The molecule has 0 atom stereocenters. The summed E-state index contributed by atoms with van der Waals surface area (Å²) in [7, 11) is 1.69. The topological polar surface area (TPSA) is 34.4 Å². The van der Waals surface area contributed by atoms with Crippen molar-refractivity contribution in [1.29, 1.82) is 0 Å². The molecule has 80 valence electrons. The van der Waals surface area contributed by atoms with Gasteiger partial charge in [0.15, 0.2) is 0 Å². The molecule has 1 rings (SSSR count). The maximum absolute atomic E-state index is 5.58. The van der Waals surface area contributed by atoms with Crippen LogP contribution in [-0.2, 0) is 17.9 Å². The Hall–Kier alpha value is -0.800. The minimum Gasteiger partial charge on any atom is -0.465 e. The van der Waals surface area contributed by atoms with E-state index in [4.69, 9.17) is 9.15 Å². The van der Waals surface area contributed by atoms with E-state index in [-0.39, 0.29) is 0 Å². The van der Waals surface area contributed by atoms with Crippen LogP contribution in [-0.4, -0.2) is 13.2 Å². The summed E-state index contributed by atoms with van der Waals surface area (Å²) >= 11 is 0. The van der Waals surface area contributed by atoms with E-state index >= 15 is 0 Å². The molecular formula is C11H19NO2. The van der Waals surface area contributed by atoms with Crippen molar-refractivity contribution in [3.8, 4) is 0 Å². The summed E-state index contributed by atoms with van der Waals surface area (Å²) in [6, 6.07) is 2.53. The monoisotopic (exact) mass is 197 g/mol. The van der Waals surface area contributed by atoms with Gasteiger partial charge in [0.1, 0.15) is 11.5 Å². The fraction of sp³-hybridized carbons (Fsp3) is 0.636. The number of hydrogen-bond acceptors (Lipinski definition) is 3. The molecule has 1 heterocycles. The second kappa shape index (κ2) is 5.17. The predicted molar refractivity (Wildman–Crippen MR) is 56.1 cm³/mol. The zero-order chi connectivity index (χ0) is 10.6. The molecular weight excluding hydrogens is 178 g/mol. The van der Waals surface area contributed by atoms with Crippen molar-refractivity contribution in [3.63, 3.8) is 0 Å². The highest BCUT2D eigenvalue weighted by Crippen LogP contribution is 2.15. The Morgan fingerprint density at radius 2 is 2.21 bits per heavy atom. The van der Waals surface area contributed by atoms with E-state index in [1.54, 1.807) is 7.11 Å². The first kappa shape index (κ1) is 11.3. The van der Waals surface area contributed by atoms with Gasteiger partial charge in [-0.2, -0.15) is 0 Å². The summed E-state index contributed by atoms with van der Waals surface area (Å²) in [6.07, 6.45) is 0. The van der Waals surface area contributed by atoms with Gasteiger partial charge in [-0.15, -0.1) is 0 Å². The molecule has 3 heteroatoms. The van der Waals surface area contributed by atoms with Gasteiger partial charge in [0, 0.05) is 18.7 Å². The number of rotatable bonds is 5. The van der Waals surface area contributed by atoms with Crippen molar-refractivity contribution in [2.75, 3.05) is 7.11 Å². The quantitative estimate of drug-likeness (QED) is 0.786. The SMILES string of the molecule is COCc1cc(CNC(C)C)oc1C. The lowest BCUT2D eigenvalue weighted by atomic mass is 10.2. The lowest BCUT2D eigenvalue weighted by molar-refractivity contribution is 0.183. The highest BCUT2D eigenvalue weighted by atomic mass is 16.5. The zero-order valence-corrected chi connectivity index (χ0v) is 9.39. The molecule has 0 spiro atoms. The summed E-state index contributed by atoms with van der Waals surface area (Å²) in [5.41, 5.74) is 1.13. The molecule has 14 heavy (non-hydrogen) atoms. The average Bonchev–Trinajstić information content (AvgIpc) is 2.45. The molecule has 0 bridgehead atoms. The Balaban J connectivity index is 2.56. The lowest BCUT2D eigenvalue weighted by Crippen LogP contribution is -2.21. The number of furan rings is 1. The van der Waals surface area contributed by atoms with Crippen LogP contribution in [0.3, 0.4) is 0 Å². The van der Waals surface area contributed by atoms with Gasteiger partial charge < -0.3 is 14.5 Å². The van der Waals surface area contributed by atoms with E-state index in [1.807, 2.05) is 13.0 Å². The van der Waals surface area contributed by atoms with Crippen molar-refractivity contribution >= 4 is 0 Å². The Morgan fingerprint density at radius 1 is 1.50 bits per heavy atom. The highest BCUT2D eigenvalue weighted by Gasteiger charge is 2.06. The summed E-state index contributed by atoms with van der Waals surface area (Å²) < 4.78 is 10.6. The van der Waals surface area contributed by atoms with Gasteiger partial charge in [0.2, 0.25) is 0 Å². The summed E-state index contributed by atoms with van der Waals surface area (Å²) in [4.78, 5) is 0. The zero-order valence-electron chi connectivity index (χ0n) is 9.39. The maximum atomic E-state index is 5.58. The van der Waals surface area contributed by atoms with E-state index in [2.05, 4.69) is 19.2 Å². The maximum Gasteiger partial charge on any atom is 0.118 e. The Bertz CT molecular complexity index is 279. The molecule has 0 aliphatic carbocycles. The molecule has 0 aromatic carbocycles. The molecule has 1 aromatic heterocycles. The van der Waals surface area contributed by atoms with Crippen molar-refractivity contribution < 1.29 is 9.15 Å². The Morgan fingerprint density at radius 3 is 2.79 bits per heavy atom. The largest absolute Gasteiger partial charge is 0.465 e. The average molecular weight is 197 g/mol. The van der Waals surface area contributed by atoms with Gasteiger partial charge in [-0.05, 0) is 13.0 Å². The van der Waals surface area contributed by atoms with Gasteiger partial charge >= 0.3 is 0 Å². The van der Waals surface area contributed by atoms with Gasteiger partial charge in [0.25, 0.3) is 0 Å². The van der Waals surface area contributed by atoms with Crippen molar-refractivity contribution in [2.24, 2.45) is 0 Å². The third kappa shape index (κ3) is 3.16. The van der Waals surface area contributed by atoms with Crippen LogP contribution in [0.2, 0.25) is 0 Å². The normalized spacial score (nSPS) is 11.2. The van der Waals surface area contributed by atoms with Crippen LogP contribution >= 0.6 is 0 Å². The van der Waals surface area contributed by atoms with E-state index in [9.17, 15) is 0 Å². The molecule has 0 saturated carbocycles. The van der Waals surface area contributed by atoms with Crippen LogP contribution in [0, 0.1) is 6.92 Å². The van der Waals surface area contributed by atoms with Crippen LogP contribution in [0.25, 0.3) is 0 Å². The van der Waals surface area contributed by atoms with E-state index in [0.29, 0.717) is 12.6 Å². The molecule has 0 radical (unpaired) electrons. The van der Waals surface area contributed by atoms with Crippen LogP contribution in [0.5, 0.6) is 0 Å². The molecule has 0 amide bonds. The number of hydrogen-bond donors (Lipinski definition) is 1. The van der Waals surface area contributed by atoms with Crippen LogP contribution in [0.4, 0.5) is 0 Å². The molecule has 1 N–H and O–H groups in total. The van der Waals surface area contributed by atoms with Gasteiger partial charge in [-0.3, -0.25) is 0 Å². The van der Waals surface area contributed by atoms with E-state index in [0.717, 1.165) is 23.6 Å². The van der Waals surface area contributed by atoms with Gasteiger partial charge in [0.05, 0.1) is 13.2 Å². The molecule has 0 unspecified atom stereocenters. The molecule has 0 fully saturated rings. The first-order chi connectivity index (χ1) is 6.63. The molecule has 0 aliphatic rings. The van der Waals surface area contributed by atoms with E-state index in [1.165, 1.54) is 0 Å². The van der Waals surface area contributed by atoms with Crippen LogP contribution < -0.4 is 5.32 Å². The Kier molecular flexibility index (Phi) is 4.17. The lowest BCUT2D eigenvalue weighted by Gasteiger charge is -2.04. The second-order valence-electron chi connectivity index (χ2n) is 3.76. The summed E-state index contributed by atoms with van der Waals surface area (Å²) in [6.45, 7) is 7.60. The fourth-order valence-corrected chi connectivity index (χ4v) is 1.28. The smallest absolute Gasteiger partial charge is 0.118 e. The number of aryl methyl sites for hydroxylation is 1. The molecule has 3 nitrogen and oxygen atoms in total. The van der Waals surface area contributed by atoms with Crippen molar-refractivity contribution in [1.82, 2.24) is 5.32 Å². The highest BCUT2D eigenvalue weighted by molar-refractivity contribution is 5.19. The predicted octanol–water partition coefficient (Wildman–Crippen LogP) is 2.23. The third-order valence-corrected chi connectivity index (χ3v) is 2.06. The van der Waals surface area contributed by atoms with Crippen LogP contribution in [0.1, 0.15) is 30.9 Å². The number of methoxy groups -OCH3 is 1. The van der Waals surface area contributed by atoms with E-state index < -0.39 is 0 Å². The van der Waals surface area contributed by atoms with Crippen molar-refractivity contribution in [3.05, 3.63) is 23.2 Å². The second-order valence-corrected chi connectivity index (χ2v) is 3.76. The summed E-state index contributed by atoms with van der Waals surface area (Å²) in [5, 5.41) is 3.31. The molecule has 1 aromatic rings. The number of nitrogens with one attached hydrogen (secondary N) is 1. The minimum atomic E-state index is 0.478. The van der Waals surface area contributed by atoms with Crippen LogP contribution in [0.15, 0.2) is 10.5 Å². The summed E-state index contributed by atoms with van der Waals surface area (Å²) in [5.74, 6) is 1.93. The van der Waals surface area contributed by atoms with Gasteiger partial charge in [-0.25, -0.2) is 0 Å². The number of ether oxygens (including phenoxy) is 1. The molecule has 0 saturated heterocycles.